The number of halogens is 1. The highest BCUT2D eigenvalue weighted by Crippen LogP contribution is 2.22. The molecule has 1 aromatic heterocycles. The van der Waals surface area contributed by atoms with Crippen LogP contribution in [0.2, 0.25) is 5.15 Å². The monoisotopic (exact) mass is 865 g/mol. The van der Waals surface area contributed by atoms with Crippen LogP contribution in [0.5, 0.6) is 0 Å². The molecule has 1 heterocycles. The van der Waals surface area contributed by atoms with E-state index < -0.39 is 81.0 Å². The number of nitrogens with two attached hydrogens (primary N) is 2. The maximum Gasteiger partial charge on any atom is 0.280 e. The molecule has 0 aliphatic heterocycles. The summed E-state index contributed by atoms with van der Waals surface area (Å²) in [6.07, 6.45) is -12.7. The molecule has 3 aromatic rings. The molecular formula is C38H56ClN9O12. The Hall–Kier alpha value is -4.62. The van der Waals surface area contributed by atoms with E-state index in [0.717, 1.165) is 22.3 Å². The third-order valence-corrected chi connectivity index (χ3v) is 9.75. The Bertz CT molecular complexity index is 1790. The van der Waals surface area contributed by atoms with E-state index in [-0.39, 0.29) is 53.9 Å². The fourth-order valence-electron chi connectivity index (χ4n) is 5.89. The SMILES string of the molecule is N=C(NCCCc1ccc(-c2ccc(CCC(=O)NCCN(C[C@H](O)[C@@H](O)[C@H](O)[C@H](O)CO)C[C@H](O)[C@@H](O)[C@H](O)[C@H](O)CO)cc2)cc1)NC(=O)c1nc(Cl)c(N)nc1N. The summed E-state index contributed by atoms with van der Waals surface area (Å²) in [5.74, 6) is -1.64. The summed E-state index contributed by atoms with van der Waals surface area (Å²) in [7, 11) is 0. The minimum atomic E-state index is -1.92. The van der Waals surface area contributed by atoms with Gasteiger partial charge in [-0.3, -0.25) is 25.2 Å². The van der Waals surface area contributed by atoms with Crippen LogP contribution in [0.4, 0.5) is 11.6 Å². The lowest BCUT2D eigenvalue weighted by Crippen LogP contribution is -2.54. The lowest BCUT2D eigenvalue weighted by molar-refractivity contribution is -0.130. The van der Waals surface area contributed by atoms with Gasteiger partial charge in [-0.05, 0) is 41.5 Å². The van der Waals surface area contributed by atoms with Gasteiger partial charge in [-0.15, -0.1) is 0 Å². The number of carbonyl (C=O) groups excluding carboxylic acids is 2. The Kier molecular flexibility index (Phi) is 20.4. The molecule has 2 amide bonds. The van der Waals surface area contributed by atoms with Crippen molar-refractivity contribution in [3.05, 3.63) is 70.5 Å². The Balaban J connectivity index is 1.44. The number of carbonyl (C=O) groups is 2. The first-order chi connectivity index (χ1) is 28.4. The molecule has 0 bridgehead atoms. The number of nitrogens with zero attached hydrogens (tertiary/aromatic N) is 3. The predicted octanol–water partition coefficient (Wildman–Crippen LogP) is -3.93. The Morgan fingerprint density at radius 2 is 1.17 bits per heavy atom. The van der Waals surface area contributed by atoms with E-state index in [0.29, 0.717) is 25.8 Å². The second-order valence-electron chi connectivity index (χ2n) is 14.1. The molecule has 0 saturated heterocycles. The molecule has 22 heteroatoms. The molecular weight excluding hydrogens is 810 g/mol. The predicted molar refractivity (Wildman–Crippen MR) is 219 cm³/mol. The fraction of sp³-hybridized carbons (Fsp3) is 0.500. The molecule has 0 spiro atoms. The van der Waals surface area contributed by atoms with E-state index in [1.165, 1.54) is 4.90 Å². The van der Waals surface area contributed by atoms with Crippen molar-refractivity contribution in [3.63, 3.8) is 0 Å². The third-order valence-electron chi connectivity index (χ3n) is 9.48. The number of benzene rings is 2. The molecule has 21 nitrogen and oxygen atoms in total. The van der Waals surface area contributed by atoms with Gasteiger partial charge in [0, 0.05) is 39.1 Å². The van der Waals surface area contributed by atoms with Gasteiger partial charge in [-0.25, -0.2) is 9.97 Å². The first kappa shape index (κ1) is 49.7. The molecule has 18 N–H and O–H groups in total. The van der Waals surface area contributed by atoms with Gasteiger partial charge >= 0.3 is 0 Å². The minimum absolute atomic E-state index is 0.0191. The van der Waals surface area contributed by atoms with Crippen LogP contribution in [0.15, 0.2) is 48.5 Å². The van der Waals surface area contributed by atoms with Crippen LogP contribution in [0.3, 0.4) is 0 Å². The highest BCUT2D eigenvalue weighted by atomic mass is 35.5. The average molecular weight is 866 g/mol. The summed E-state index contributed by atoms with van der Waals surface area (Å²) in [6.45, 7) is -2.36. The van der Waals surface area contributed by atoms with Crippen LogP contribution in [-0.4, -0.2) is 178 Å². The first-order valence-corrected chi connectivity index (χ1v) is 19.4. The summed E-state index contributed by atoms with van der Waals surface area (Å²) >= 11 is 5.81. The van der Waals surface area contributed by atoms with Crippen LogP contribution in [0.25, 0.3) is 11.1 Å². The van der Waals surface area contributed by atoms with Gasteiger partial charge in [0.15, 0.2) is 28.4 Å². The Morgan fingerprint density at radius 1 is 0.683 bits per heavy atom. The molecule has 0 saturated carbocycles. The van der Waals surface area contributed by atoms with Crippen LogP contribution in [0, 0.1) is 5.41 Å². The normalized spacial score (nSPS) is 15.6. The van der Waals surface area contributed by atoms with Crippen molar-refractivity contribution in [3.8, 4) is 11.1 Å². The largest absolute Gasteiger partial charge is 0.394 e. The molecule has 2 aromatic carbocycles. The third kappa shape index (κ3) is 15.4. The number of nitrogens with one attached hydrogen (secondary N) is 4. The zero-order chi connectivity index (χ0) is 44.5. The summed E-state index contributed by atoms with van der Waals surface area (Å²) < 4.78 is 0. The van der Waals surface area contributed by atoms with E-state index in [9.17, 15) is 50.4 Å². The molecule has 0 aliphatic carbocycles. The number of nitrogen functional groups attached to an aromatic ring is 2. The smallest absolute Gasteiger partial charge is 0.280 e. The number of hydrogen-bond acceptors (Lipinski definition) is 18. The standard InChI is InChI=1S/C38H56ClN9O12/c39-34-36(41)46-35(40)29(45-34)37(60)47-38(42)44-13-1-2-20-3-8-22(9-4-20)23-10-5-21(6-11-23)7-12-28(55)43-14-15-48(16-24(51)30(56)32(58)26(53)18-49)17-25(52)31(57)33(59)27(54)19-50/h3-6,8-11,24-27,30-33,49-54,56-59H,1-2,7,12-19H2,(H,43,55)(H4,40,41,46)(H3,42,44,47,60)/t24-,25-,26+,27+,30+,31+,32+,33+/m0/s1. The number of aliphatic hydroxyl groups excluding tert-OH is 10. The summed E-state index contributed by atoms with van der Waals surface area (Å²) in [5.41, 5.74) is 14.9. The van der Waals surface area contributed by atoms with Gasteiger partial charge in [0.05, 0.1) is 25.4 Å². The van der Waals surface area contributed by atoms with Gasteiger partial charge in [0.1, 0.15) is 36.6 Å². The zero-order valence-electron chi connectivity index (χ0n) is 32.7. The van der Waals surface area contributed by atoms with Crippen LogP contribution in [0.1, 0.15) is 34.5 Å². The summed E-state index contributed by atoms with van der Waals surface area (Å²) in [6, 6.07) is 15.7. The molecule has 0 fully saturated rings. The molecule has 0 unspecified atom stereocenters. The maximum absolute atomic E-state index is 12.7. The van der Waals surface area contributed by atoms with Gasteiger partial charge in [-0.1, -0.05) is 60.1 Å². The van der Waals surface area contributed by atoms with Crippen molar-refractivity contribution in [2.75, 3.05) is 57.4 Å². The fourth-order valence-corrected chi connectivity index (χ4v) is 6.01. The number of amides is 2. The highest BCUT2D eigenvalue weighted by molar-refractivity contribution is 6.31. The number of aliphatic hydroxyl groups is 10. The van der Waals surface area contributed by atoms with Crippen LogP contribution < -0.4 is 27.4 Å². The lowest BCUT2D eigenvalue weighted by atomic mass is 10.00. The number of anilines is 2. The number of rotatable bonds is 24. The number of aromatic nitrogens is 2. The summed E-state index contributed by atoms with van der Waals surface area (Å²) in [5, 5.41) is 115. The molecule has 0 aliphatic rings. The van der Waals surface area contributed by atoms with Crippen molar-refractivity contribution in [2.24, 2.45) is 0 Å². The molecule has 332 valence electrons. The van der Waals surface area contributed by atoms with Gasteiger partial charge in [-0.2, -0.15) is 0 Å². The van der Waals surface area contributed by atoms with E-state index in [2.05, 4.69) is 25.9 Å². The number of aryl methyl sites for hydroxylation is 2. The zero-order valence-corrected chi connectivity index (χ0v) is 33.4. The lowest BCUT2D eigenvalue weighted by Gasteiger charge is -2.33. The van der Waals surface area contributed by atoms with Crippen molar-refractivity contribution >= 4 is 41.0 Å². The van der Waals surface area contributed by atoms with Crippen molar-refractivity contribution < 1.29 is 60.7 Å². The Morgan fingerprint density at radius 3 is 1.67 bits per heavy atom. The van der Waals surface area contributed by atoms with Crippen LogP contribution >= 0.6 is 11.6 Å². The van der Waals surface area contributed by atoms with Gasteiger partial charge in [0.25, 0.3) is 5.91 Å². The van der Waals surface area contributed by atoms with E-state index >= 15 is 0 Å². The average Bonchev–Trinajstić information content (AvgIpc) is 3.24. The van der Waals surface area contributed by atoms with Crippen LogP contribution in [-0.2, 0) is 17.6 Å². The number of guanidine groups is 1. The van der Waals surface area contributed by atoms with Crippen molar-refractivity contribution in [2.45, 2.75) is 74.5 Å². The summed E-state index contributed by atoms with van der Waals surface area (Å²) in [4.78, 5) is 33.9. The second-order valence-corrected chi connectivity index (χ2v) is 14.5. The Labute approximate surface area is 350 Å². The topological polar surface area (TPSA) is 377 Å². The molecule has 3 rings (SSSR count). The number of hydrogen-bond donors (Lipinski definition) is 16. The van der Waals surface area contributed by atoms with Crippen molar-refractivity contribution in [1.82, 2.24) is 30.8 Å². The van der Waals surface area contributed by atoms with Gasteiger partial charge < -0.3 is 73.2 Å². The molecule has 60 heavy (non-hydrogen) atoms. The quantitative estimate of drug-likeness (QED) is 0.0232. The van der Waals surface area contributed by atoms with E-state index in [4.69, 9.17) is 38.7 Å². The van der Waals surface area contributed by atoms with E-state index in [1.807, 2.05) is 48.5 Å². The second kappa shape index (κ2) is 24.6. The molecule has 8 atom stereocenters. The van der Waals surface area contributed by atoms with E-state index in [1.54, 1.807) is 0 Å². The highest BCUT2D eigenvalue weighted by Gasteiger charge is 2.34. The first-order valence-electron chi connectivity index (χ1n) is 19.0. The van der Waals surface area contributed by atoms with Gasteiger partial charge in [0.2, 0.25) is 5.91 Å². The molecule has 0 radical (unpaired) electrons. The maximum atomic E-state index is 12.7. The van der Waals surface area contributed by atoms with Crippen molar-refractivity contribution in [1.29, 1.82) is 5.41 Å². The minimum Gasteiger partial charge on any atom is -0.394 e.